The molecule has 0 heterocycles. The summed E-state index contributed by atoms with van der Waals surface area (Å²) in [4.78, 5) is 21.2. The average molecular weight is 222 g/mol. The van der Waals surface area contributed by atoms with Crippen LogP contribution in [-0.4, -0.2) is 5.97 Å². The van der Waals surface area contributed by atoms with Crippen LogP contribution in [0.5, 0.6) is 0 Å². The van der Waals surface area contributed by atoms with Gasteiger partial charge in [-0.2, -0.15) is 4.89 Å². The first kappa shape index (κ1) is 12.7. The molecule has 16 heavy (non-hydrogen) atoms. The number of hydrogen-bond donors (Lipinski definition) is 0. The van der Waals surface area contributed by atoms with Crippen molar-refractivity contribution in [2.45, 2.75) is 33.3 Å². The van der Waals surface area contributed by atoms with Gasteiger partial charge in [0.1, 0.15) is 5.60 Å². The van der Waals surface area contributed by atoms with Gasteiger partial charge in [-0.3, -0.25) is 4.89 Å². The lowest BCUT2D eigenvalue weighted by Gasteiger charge is -2.23. The highest BCUT2D eigenvalue weighted by molar-refractivity contribution is 5.70. The summed E-state index contributed by atoms with van der Waals surface area (Å²) in [7, 11) is 0. The summed E-state index contributed by atoms with van der Waals surface area (Å²) in [5, 5.41) is 0. The quantitative estimate of drug-likeness (QED) is 0.580. The van der Waals surface area contributed by atoms with Crippen LogP contribution >= 0.6 is 0 Å². The molecule has 0 aliphatic rings. The highest BCUT2D eigenvalue weighted by atomic mass is 17.2. The molecule has 0 aliphatic carbocycles. The standard InChI is InChI=1S/C13H18O3/c1-10(2)12(14)15-16-13(3,4)11-8-6-5-7-9-11/h5-10H,1-4H3. The van der Waals surface area contributed by atoms with Crippen LogP contribution in [-0.2, 0) is 20.2 Å². The molecule has 0 amide bonds. The number of carbonyl (C=O) groups is 1. The number of benzene rings is 1. The zero-order valence-corrected chi connectivity index (χ0v) is 10.2. The van der Waals surface area contributed by atoms with Gasteiger partial charge in [-0.25, -0.2) is 4.79 Å². The number of rotatable bonds is 4. The van der Waals surface area contributed by atoms with Crippen molar-refractivity contribution in [3.05, 3.63) is 35.9 Å². The predicted octanol–water partition coefficient (Wildman–Crippen LogP) is 3.05. The van der Waals surface area contributed by atoms with Crippen LogP contribution in [0.15, 0.2) is 30.3 Å². The molecule has 0 N–H and O–H groups in total. The minimum absolute atomic E-state index is 0.188. The maximum atomic E-state index is 11.3. The molecule has 0 fully saturated rings. The van der Waals surface area contributed by atoms with Crippen molar-refractivity contribution in [3.8, 4) is 0 Å². The number of carbonyl (C=O) groups excluding carboxylic acids is 1. The summed E-state index contributed by atoms with van der Waals surface area (Å²) < 4.78 is 0. The highest BCUT2D eigenvalue weighted by Crippen LogP contribution is 2.24. The van der Waals surface area contributed by atoms with E-state index in [1.54, 1.807) is 13.8 Å². The lowest BCUT2D eigenvalue weighted by Crippen LogP contribution is -2.25. The first-order valence-corrected chi connectivity index (χ1v) is 5.38. The maximum Gasteiger partial charge on any atom is 0.344 e. The summed E-state index contributed by atoms with van der Waals surface area (Å²) in [6.45, 7) is 7.24. The van der Waals surface area contributed by atoms with Crippen molar-refractivity contribution >= 4 is 5.97 Å². The Bertz CT molecular complexity index is 341. The Labute approximate surface area is 96.3 Å². The summed E-state index contributed by atoms with van der Waals surface area (Å²) in [6, 6.07) is 9.64. The van der Waals surface area contributed by atoms with E-state index in [4.69, 9.17) is 9.78 Å². The molecule has 88 valence electrons. The largest absolute Gasteiger partial charge is 0.344 e. The third kappa shape index (κ3) is 3.35. The van der Waals surface area contributed by atoms with Crippen molar-refractivity contribution in [1.29, 1.82) is 0 Å². The van der Waals surface area contributed by atoms with E-state index in [0.717, 1.165) is 5.56 Å². The normalized spacial score (nSPS) is 11.6. The molecular weight excluding hydrogens is 204 g/mol. The van der Waals surface area contributed by atoms with E-state index >= 15 is 0 Å². The molecule has 0 bridgehead atoms. The molecule has 0 aromatic heterocycles. The van der Waals surface area contributed by atoms with Gasteiger partial charge in [-0.1, -0.05) is 44.2 Å². The van der Waals surface area contributed by atoms with E-state index in [9.17, 15) is 4.79 Å². The predicted molar refractivity (Wildman–Crippen MR) is 61.5 cm³/mol. The Balaban J connectivity index is 2.63. The van der Waals surface area contributed by atoms with Crippen LogP contribution in [0.4, 0.5) is 0 Å². The van der Waals surface area contributed by atoms with E-state index < -0.39 is 5.60 Å². The Morgan fingerprint density at radius 3 is 2.25 bits per heavy atom. The summed E-state index contributed by atoms with van der Waals surface area (Å²) in [5.41, 5.74) is 0.331. The van der Waals surface area contributed by atoms with E-state index in [1.165, 1.54) is 0 Å². The minimum Gasteiger partial charge on any atom is -0.297 e. The fraction of sp³-hybridized carbons (Fsp3) is 0.462. The molecule has 1 aromatic rings. The fourth-order valence-corrected chi connectivity index (χ4v) is 1.13. The second-order valence-electron chi connectivity index (χ2n) is 4.52. The Morgan fingerprint density at radius 1 is 1.19 bits per heavy atom. The Morgan fingerprint density at radius 2 is 1.75 bits per heavy atom. The van der Waals surface area contributed by atoms with E-state index in [1.807, 2.05) is 44.2 Å². The molecule has 0 saturated heterocycles. The molecule has 0 radical (unpaired) electrons. The first-order valence-electron chi connectivity index (χ1n) is 5.38. The highest BCUT2D eigenvalue weighted by Gasteiger charge is 2.25. The molecule has 3 nitrogen and oxygen atoms in total. The first-order chi connectivity index (χ1) is 7.43. The number of hydrogen-bond acceptors (Lipinski definition) is 3. The van der Waals surface area contributed by atoms with Crippen molar-refractivity contribution in [3.63, 3.8) is 0 Å². The van der Waals surface area contributed by atoms with Crippen molar-refractivity contribution in [2.75, 3.05) is 0 Å². The maximum absolute atomic E-state index is 11.3. The molecule has 3 heteroatoms. The van der Waals surface area contributed by atoms with Gasteiger partial charge < -0.3 is 0 Å². The van der Waals surface area contributed by atoms with Crippen molar-refractivity contribution in [2.24, 2.45) is 5.92 Å². The molecule has 1 aromatic carbocycles. The zero-order valence-electron chi connectivity index (χ0n) is 10.2. The molecule has 0 unspecified atom stereocenters. The zero-order chi connectivity index (χ0) is 12.2. The van der Waals surface area contributed by atoms with E-state index in [2.05, 4.69) is 0 Å². The molecule has 0 aliphatic heterocycles. The van der Waals surface area contributed by atoms with Crippen LogP contribution < -0.4 is 0 Å². The van der Waals surface area contributed by atoms with Crippen LogP contribution in [0.25, 0.3) is 0 Å². The van der Waals surface area contributed by atoms with Crippen LogP contribution in [0.1, 0.15) is 33.3 Å². The topological polar surface area (TPSA) is 35.5 Å². The molecule has 0 saturated carbocycles. The van der Waals surface area contributed by atoms with Crippen LogP contribution in [0.2, 0.25) is 0 Å². The Hall–Kier alpha value is -1.35. The van der Waals surface area contributed by atoms with Gasteiger partial charge in [-0.15, -0.1) is 0 Å². The molecule has 0 atom stereocenters. The van der Waals surface area contributed by atoms with Gasteiger partial charge >= 0.3 is 5.97 Å². The van der Waals surface area contributed by atoms with Crippen molar-refractivity contribution in [1.82, 2.24) is 0 Å². The second-order valence-corrected chi connectivity index (χ2v) is 4.52. The van der Waals surface area contributed by atoms with Gasteiger partial charge in [0.05, 0.1) is 5.92 Å². The average Bonchev–Trinajstić information content (AvgIpc) is 2.27. The molecule has 1 rings (SSSR count). The lowest BCUT2D eigenvalue weighted by atomic mass is 9.99. The second kappa shape index (κ2) is 5.12. The van der Waals surface area contributed by atoms with E-state index in [0.29, 0.717) is 0 Å². The third-order valence-electron chi connectivity index (χ3n) is 2.27. The summed E-state index contributed by atoms with van der Waals surface area (Å²) >= 11 is 0. The van der Waals surface area contributed by atoms with Crippen LogP contribution in [0.3, 0.4) is 0 Å². The summed E-state index contributed by atoms with van der Waals surface area (Å²) in [6.07, 6.45) is 0. The van der Waals surface area contributed by atoms with E-state index in [-0.39, 0.29) is 11.9 Å². The Kier molecular flexibility index (Phi) is 4.07. The van der Waals surface area contributed by atoms with Gasteiger partial charge in [0.15, 0.2) is 0 Å². The van der Waals surface area contributed by atoms with Crippen molar-refractivity contribution < 1.29 is 14.6 Å². The smallest absolute Gasteiger partial charge is 0.297 e. The minimum atomic E-state index is -0.633. The molecule has 0 spiro atoms. The van der Waals surface area contributed by atoms with Gasteiger partial charge in [0.25, 0.3) is 0 Å². The third-order valence-corrected chi connectivity index (χ3v) is 2.27. The van der Waals surface area contributed by atoms with Gasteiger partial charge in [-0.05, 0) is 19.4 Å². The molecular formula is C13H18O3. The van der Waals surface area contributed by atoms with Gasteiger partial charge in [0, 0.05) is 0 Å². The van der Waals surface area contributed by atoms with Crippen LogP contribution in [0, 0.1) is 5.92 Å². The lowest BCUT2D eigenvalue weighted by molar-refractivity contribution is -0.331. The SMILES string of the molecule is CC(C)C(=O)OOC(C)(C)c1ccccc1. The monoisotopic (exact) mass is 222 g/mol. The fourth-order valence-electron chi connectivity index (χ4n) is 1.13. The van der Waals surface area contributed by atoms with Gasteiger partial charge in [0.2, 0.25) is 0 Å². The summed E-state index contributed by atoms with van der Waals surface area (Å²) in [5.74, 6) is -0.546.